The molecule has 0 spiro atoms. The molecule has 0 rings (SSSR count). The summed E-state index contributed by atoms with van der Waals surface area (Å²) in [4.78, 5) is 0. The van der Waals surface area contributed by atoms with Crippen LogP contribution in [0, 0.1) is 5.41 Å². The molecule has 0 aliphatic rings. The fourth-order valence-corrected chi connectivity index (χ4v) is 2.25. The van der Waals surface area contributed by atoms with Gasteiger partial charge in [-0.2, -0.15) is 0 Å². The Balaban J connectivity index is 4.71. The lowest BCUT2D eigenvalue weighted by Crippen LogP contribution is -2.43. The Morgan fingerprint density at radius 3 is 1.69 bits per heavy atom. The van der Waals surface area contributed by atoms with E-state index >= 15 is 0 Å². The molecule has 0 radical (unpaired) electrons. The van der Waals surface area contributed by atoms with Crippen molar-refractivity contribution in [1.29, 1.82) is 0 Å². The first kappa shape index (κ1) is 15.9. The molecule has 98 valence electrons. The molecular formula is C13H28O3. The normalized spacial score (nSPS) is 20.2. The quantitative estimate of drug-likeness (QED) is 0.716. The zero-order valence-electron chi connectivity index (χ0n) is 11.9. The minimum atomic E-state index is -1.09. The molecule has 0 aliphatic heterocycles. The van der Waals surface area contributed by atoms with Crippen molar-refractivity contribution in [3.63, 3.8) is 0 Å². The third-order valence-corrected chi connectivity index (χ3v) is 2.98. The number of hydrogen-bond donors (Lipinski definition) is 1. The lowest BCUT2D eigenvalue weighted by atomic mass is 9.79. The Hall–Kier alpha value is -0.120. The molecule has 0 saturated carbocycles. The molecule has 0 aromatic heterocycles. The summed E-state index contributed by atoms with van der Waals surface area (Å²) in [7, 11) is 3.23. The minimum absolute atomic E-state index is 0.160. The van der Waals surface area contributed by atoms with Gasteiger partial charge >= 0.3 is 0 Å². The molecule has 3 nitrogen and oxygen atoms in total. The molecule has 0 heterocycles. The van der Waals surface area contributed by atoms with E-state index in [-0.39, 0.29) is 11.0 Å². The van der Waals surface area contributed by atoms with E-state index in [4.69, 9.17) is 9.47 Å². The largest absolute Gasteiger partial charge is 0.378 e. The van der Waals surface area contributed by atoms with Gasteiger partial charge in [0.05, 0.1) is 5.60 Å². The van der Waals surface area contributed by atoms with Crippen molar-refractivity contribution >= 4 is 0 Å². The van der Waals surface area contributed by atoms with E-state index in [1.807, 2.05) is 13.8 Å². The molecule has 0 aromatic carbocycles. The van der Waals surface area contributed by atoms with E-state index in [1.54, 1.807) is 7.11 Å². The highest BCUT2D eigenvalue weighted by molar-refractivity contribution is 4.86. The predicted octanol–water partition coefficient (Wildman–Crippen LogP) is 2.96. The molecule has 2 atom stereocenters. The van der Waals surface area contributed by atoms with Gasteiger partial charge in [0, 0.05) is 20.6 Å². The van der Waals surface area contributed by atoms with Gasteiger partial charge < -0.3 is 14.6 Å². The van der Waals surface area contributed by atoms with Gasteiger partial charge in [0.2, 0.25) is 0 Å². The molecule has 3 heteroatoms. The average Bonchev–Trinajstić information content (AvgIpc) is 2.15. The Bertz CT molecular complexity index is 204. The van der Waals surface area contributed by atoms with E-state index in [0.717, 1.165) is 6.42 Å². The molecule has 0 fully saturated rings. The summed E-state index contributed by atoms with van der Waals surface area (Å²) < 4.78 is 10.7. The Kier molecular flexibility index (Phi) is 5.44. The maximum atomic E-state index is 10.2. The Morgan fingerprint density at radius 2 is 1.44 bits per heavy atom. The highest BCUT2D eigenvalue weighted by Crippen LogP contribution is 2.36. The van der Waals surface area contributed by atoms with Crippen molar-refractivity contribution in [2.24, 2.45) is 5.41 Å². The van der Waals surface area contributed by atoms with E-state index in [2.05, 4.69) is 20.8 Å². The number of ether oxygens (including phenoxy) is 2. The van der Waals surface area contributed by atoms with Crippen LogP contribution in [0.3, 0.4) is 0 Å². The van der Waals surface area contributed by atoms with Crippen LogP contribution in [0.25, 0.3) is 0 Å². The first-order chi connectivity index (χ1) is 7.10. The third kappa shape index (κ3) is 5.28. The summed E-state index contributed by atoms with van der Waals surface area (Å²) >= 11 is 0. The molecule has 0 saturated heterocycles. The second kappa shape index (κ2) is 5.48. The SMILES string of the molecule is CCC(O)(CC(C)(CC(C)(C)C)OC)OC. The molecule has 0 bridgehead atoms. The Labute approximate surface area is 100 Å². The van der Waals surface area contributed by atoms with Gasteiger partial charge in [-0.3, -0.25) is 0 Å². The average molecular weight is 232 g/mol. The molecular weight excluding hydrogens is 204 g/mol. The van der Waals surface area contributed by atoms with E-state index in [0.29, 0.717) is 12.8 Å². The fraction of sp³-hybridized carbons (Fsp3) is 1.00. The monoisotopic (exact) mass is 232 g/mol. The smallest absolute Gasteiger partial charge is 0.167 e. The van der Waals surface area contributed by atoms with Crippen molar-refractivity contribution in [2.75, 3.05) is 14.2 Å². The lowest BCUT2D eigenvalue weighted by molar-refractivity contribution is -0.224. The minimum Gasteiger partial charge on any atom is -0.378 e. The first-order valence-corrected chi connectivity index (χ1v) is 5.92. The van der Waals surface area contributed by atoms with Crippen molar-refractivity contribution < 1.29 is 14.6 Å². The topological polar surface area (TPSA) is 38.7 Å². The lowest BCUT2D eigenvalue weighted by Gasteiger charge is -2.39. The number of hydrogen-bond acceptors (Lipinski definition) is 3. The van der Waals surface area contributed by atoms with Gasteiger partial charge in [-0.05, 0) is 25.2 Å². The molecule has 0 aliphatic carbocycles. The van der Waals surface area contributed by atoms with Gasteiger partial charge in [-0.25, -0.2) is 0 Å². The van der Waals surface area contributed by atoms with Gasteiger partial charge in [-0.15, -0.1) is 0 Å². The molecule has 1 N–H and O–H groups in total. The number of methoxy groups -OCH3 is 2. The fourth-order valence-electron chi connectivity index (χ4n) is 2.25. The zero-order chi connectivity index (χ0) is 13.0. The van der Waals surface area contributed by atoms with Crippen LogP contribution in [-0.4, -0.2) is 30.7 Å². The van der Waals surface area contributed by atoms with Crippen LogP contribution >= 0.6 is 0 Å². The summed E-state index contributed by atoms with van der Waals surface area (Å²) in [6.07, 6.45) is 1.93. The van der Waals surface area contributed by atoms with E-state index in [1.165, 1.54) is 7.11 Å². The summed E-state index contributed by atoms with van der Waals surface area (Å²) in [5.74, 6) is -1.09. The van der Waals surface area contributed by atoms with Crippen molar-refractivity contribution in [1.82, 2.24) is 0 Å². The van der Waals surface area contributed by atoms with Crippen LogP contribution in [0.2, 0.25) is 0 Å². The van der Waals surface area contributed by atoms with Crippen molar-refractivity contribution in [3.8, 4) is 0 Å². The van der Waals surface area contributed by atoms with Gasteiger partial charge in [0.25, 0.3) is 0 Å². The van der Waals surface area contributed by atoms with Crippen LogP contribution in [-0.2, 0) is 9.47 Å². The summed E-state index contributed by atoms with van der Waals surface area (Å²) in [5.41, 5.74) is -0.202. The first-order valence-electron chi connectivity index (χ1n) is 5.92. The second-order valence-electron chi connectivity index (χ2n) is 6.07. The van der Waals surface area contributed by atoms with Crippen LogP contribution in [0.5, 0.6) is 0 Å². The maximum absolute atomic E-state index is 10.2. The number of rotatable bonds is 6. The standard InChI is InChI=1S/C13H28O3/c1-8-13(14,16-7)10-12(5,15-6)9-11(2,3)4/h14H,8-10H2,1-7H3. The van der Waals surface area contributed by atoms with Crippen LogP contribution < -0.4 is 0 Å². The van der Waals surface area contributed by atoms with E-state index < -0.39 is 5.79 Å². The van der Waals surface area contributed by atoms with Crippen LogP contribution in [0.15, 0.2) is 0 Å². The second-order valence-corrected chi connectivity index (χ2v) is 6.07. The van der Waals surface area contributed by atoms with Crippen molar-refractivity contribution in [3.05, 3.63) is 0 Å². The molecule has 2 unspecified atom stereocenters. The van der Waals surface area contributed by atoms with Gasteiger partial charge in [-0.1, -0.05) is 27.7 Å². The predicted molar refractivity (Wildman–Crippen MR) is 66.4 cm³/mol. The van der Waals surface area contributed by atoms with E-state index in [9.17, 15) is 5.11 Å². The maximum Gasteiger partial charge on any atom is 0.167 e. The summed E-state index contributed by atoms with van der Waals surface area (Å²) in [6, 6.07) is 0. The zero-order valence-corrected chi connectivity index (χ0v) is 11.9. The number of aliphatic hydroxyl groups is 1. The Morgan fingerprint density at radius 1 is 0.938 bits per heavy atom. The van der Waals surface area contributed by atoms with Crippen LogP contribution in [0.4, 0.5) is 0 Å². The molecule has 16 heavy (non-hydrogen) atoms. The highest BCUT2D eigenvalue weighted by atomic mass is 16.6. The molecule has 0 amide bonds. The van der Waals surface area contributed by atoms with Crippen LogP contribution in [0.1, 0.15) is 53.9 Å². The highest BCUT2D eigenvalue weighted by Gasteiger charge is 2.38. The van der Waals surface area contributed by atoms with Gasteiger partial charge in [0.1, 0.15) is 0 Å². The molecule has 0 aromatic rings. The summed E-state index contributed by atoms with van der Waals surface area (Å²) in [6.45, 7) is 10.4. The third-order valence-electron chi connectivity index (χ3n) is 2.98. The van der Waals surface area contributed by atoms with Gasteiger partial charge in [0.15, 0.2) is 5.79 Å². The van der Waals surface area contributed by atoms with Crippen molar-refractivity contribution in [2.45, 2.75) is 65.3 Å². The summed E-state index contributed by atoms with van der Waals surface area (Å²) in [5, 5.41) is 10.2.